The molecular formula is C18H20O2. The van der Waals surface area contributed by atoms with Gasteiger partial charge in [-0.1, -0.05) is 47.5 Å². The average molecular weight is 268 g/mol. The highest BCUT2D eigenvalue weighted by Crippen LogP contribution is 2.26. The lowest BCUT2D eigenvalue weighted by Gasteiger charge is -2.13. The molecule has 104 valence electrons. The van der Waals surface area contributed by atoms with Gasteiger partial charge in [-0.3, -0.25) is 0 Å². The molecule has 1 aliphatic heterocycles. The first-order chi connectivity index (χ1) is 9.61. The molecule has 2 aromatic rings. The molecule has 0 aliphatic carbocycles. The van der Waals surface area contributed by atoms with Crippen molar-refractivity contribution in [3.8, 4) is 0 Å². The van der Waals surface area contributed by atoms with E-state index < -0.39 is 6.10 Å². The third-order valence-electron chi connectivity index (χ3n) is 3.84. The van der Waals surface area contributed by atoms with Crippen LogP contribution >= 0.6 is 0 Å². The molecule has 2 heteroatoms. The lowest BCUT2D eigenvalue weighted by Crippen LogP contribution is -2.03. The van der Waals surface area contributed by atoms with Gasteiger partial charge in [0.05, 0.1) is 19.3 Å². The van der Waals surface area contributed by atoms with Crippen LogP contribution in [0.3, 0.4) is 0 Å². The highest BCUT2D eigenvalue weighted by atomic mass is 16.5. The van der Waals surface area contributed by atoms with E-state index in [4.69, 9.17) is 4.74 Å². The van der Waals surface area contributed by atoms with Gasteiger partial charge in [-0.25, -0.2) is 0 Å². The molecule has 2 aromatic carbocycles. The summed E-state index contributed by atoms with van der Waals surface area (Å²) < 4.78 is 5.42. The monoisotopic (exact) mass is 268 g/mol. The van der Waals surface area contributed by atoms with E-state index >= 15 is 0 Å². The Balaban J connectivity index is 1.80. The lowest BCUT2D eigenvalue weighted by atomic mass is 9.96. The fourth-order valence-electron chi connectivity index (χ4n) is 2.93. The molecular weight excluding hydrogens is 248 g/mol. The van der Waals surface area contributed by atoms with Crippen molar-refractivity contribution < 1.29 is 9.84 Å². The van der Waals surface area contributed by atoms with Crippen molar-refractivity contribution in [3.63, 3.8) is 0 Å². The van der Waals surface area contributed by atoms with Crippen LogP contribution in [0.4, 0.5) is 0 Å². The zero-order valence-corrected chi connectivity index (χ0v) is 12.0. The molecule has 1 heterocycles. The molecule has 0 amide bonds. The van der Waals surface area contributed by atoms with Gasteiger partial charge in [-0.05, 0) is 36.1 Å². The summed E-state index contributed by atoms with van der Waals surface area (Å²) in [6.45, 7) is 5.55. The summed E-state index contributed by atoms with van der Waals surface area (Å²) in [6.07, 6.45) is 0.199. The Morgan fingerprint density at radius 2 is 1.70 bits per heavy atom. The summed E-state index contributed by atoms with van der Waals surface area (Å²) in [5.74, 6) is 0. The summed E-state index contributed by atoms with van der Waals surface area (Å²) in [6, 6.07) is 12.6. The third-order valence-corrected chi connectivity index (χ3v) is 3.84. The lowest BCUT2D eigenvalue weighted by molar-refractivity contribution is 0.134. The zero-order chi connectivity index (χ0) is 14.1. The third kappa shape index (κ3) is 2.77. The zero-order valence-electron chi connectivity index (χ0n) is 12.0. The normalized spacial score (nSPS) is 15.2. The molecule has 3 rings (SSSR count). The van der Waals surface area contributed by atoms with Gasteiger partial charge >= 0.3 is 0 Å². The fraction of sp³-hybridized carbons (Fsp3) is 0.333. The van der Waals surface area contributed by atoms with E-state index in [9.17, 15) is 5.11 Å². The minimum Gasteiger partial charge on any atom is -0.388 e. The van der Waals surface area contributed by atoms with Crippen molar-refractivity contribution in [2.45, 2.75) is 39.6 Å². The molecule has 1 atom stereocenters. The molecule has 20 heavy (non-hydrogen) atoms. The summed E-state index contributed by atoms with van der Waals surface area (Å²) in [5, 5.41) is 10.4. The highest BCUT2D eigenvalue weighted by molar-refractivity contribution is 5.35. The number of ether oxygens (including phenoxy) is 1. The number of aliphatic hydroxyl groups excluding tert-OH is 1. The van der Waals surface area contributed by atoms with Crippen molar-refractivity contribution in [1.29, 1.82) is 0 Å². The van der Waals surface area contributed by atoms with Crippen molar-refractivity contribution >= 4 is 0 Å². The van der Waals surface area contributed by atoms with E-state index in [1.807, 2.05) is 6.07 Å². The number of rotatable bonds is 3. The van der Waals surface area contributed by atoms with Gasteiger partial charge in [-0.15, -0.1) is 0 Å². The standard InChI is InChI=1S/C18H20O2/c1-12-5-13(2)7-14(6-12)8-18(19)15-3-4-16-10-20-11-17(16)9-15/h3-7,9,18-19H,8,10-11H2,1-2H3. The molecule has 0 saturated heterocycles. The number of hydrogen-bond acceptors (Lipinski definition) is 2. The minimum absolute atomic E-state index is 0.456. The summed E-state index contributed by atoms with van der Waals surface area (Å²) in [5.41, 5.74) is 7.11. The van der Waals surface area contributed by atoms with Crippen LogP contribution in [-0.2, 0) is 24.4 Å². The van der Waals surface area contributed by atoms with Crippen LogP contribution in [0.2, 0.25) is 0 Å². The maximum absolute atomic E-state index is 10.4. The van der Waals surface area contributed by atoms with Crippen LogP contribution in [0, 0.1) is 13.8 Å². The smallest absolute Gasteiger partial charge is 0.0830 e. The molecule has 0 aromatic heterocycles. The first kappa shape index (κ1) is 13.3. The maximum Gasteiger partial charge on any atom is 0.0830 e. The quantitative estimate of drug-likeness (QED) is 0.921. The Morgan fingerprint density at radius 1 is 1.00 bits per heavy atom. The van der Waals surface area contributed by atoms with Crippen molar-refractivity contribution in [2.24, 2.45) is 0 Å². The van der Waals surface area contributed by atoms with Crippen LogP contribution in [0.15, 0.2) is 36.4 Å². The Labute approximate surface area is 120 Å². The average Bonchev–Trinajstić information content (AvgIpc) is 2.84. The number of hydrogen-bond donors (Lipinski definition) is 1. The van der Waals surface area contributed by atoms with Gasteiger partial charge in [0.25, 0.3) is 0 Å². The van der Waals surface area contributed by atoms with Crippen molar-refractivity contribution in [1.82, 2.24) is 0 Å². The summed E-state index contributed by atoms with van der Waals surface area (Å²) in [7, 11) is 0. The van der Waals surface area contributed by atoms with Gasteiger partial charge in [0, 0.05) is 6.42 Å². The van der Waals surface area contributed by atoms with E-state index in [1.54, 1.807) is 0 Å². The predicted octanol–water partition coefficient (Wildman–Crippen LogP) is 3.61. The van der Waals surface area contributed by atoms with E-state index in [-0.39, 0.29) is 0 Å². The second-order valence-electron chi connectivity index (χ2n) is 5.74. The van der Waals surface area contributed by atoms with E-state index in [0.29, 0.717) is 19.6 Å². The Kier molecular flexibility index (Phi) is 3.60. The van der Waals surface area contributed by atoms with Crippen LogP contribution < -0.4 is 0 Å². The fourth-order valence-corrected chi connectivity index (χ4v) is 2.93. The minimum atomic E-state index is -0.456. The Hall–Kier alpha value is -1.64. The topological polar surface area (TPSA) is 29.5 Å². The molecule has 0 bridgehead atoms. The van der Waals surface area contributed by atoms with Crippen LogP contribution in [0.25, 0.3) is 0 Å². The molecule has 1 aliphatic rings. The molecule has 0 spiro atoms. The van der Waals surface area contributed by atoms with Gasteiger partial charge in [0.2, 0.25) is 0 Å². The van der Waals surface area contributed by atoms with E-state index in [1.165, 1.54) is 27.8 Å². The molecule has 1 unspecified atom stereocenters. The molecule has 2 nitrogen and oxygen atoms in total. The number of fused-ring (bicyclic) bond motifs is 1. The molecule has 0 fully saturated rings. The van der Waals surface area contributed by atoms with Gasteiger partial charge < -0.3 is 9.84 Å². The highest BCUT2D eigenvalue weighted by Gasteiger charge is 2.15. The van der Waals surface area contributed by atoms with Crippen molar-refractivity contribution in [2.75, 3.05) is 0 Å². The van der Waals surface area contributed by atoms with Crippen LogP contribution in [0.1, 0.15) is 39.5 Å². The second kappa shape index (κ2) is 5.39. The number of benzene rings is 2. The van der Waals surface area contributed by atoms with Crippen molar-refractivity contribution in [3.05, 3.63) is 69.8 Å². The summed E-state index contributed by atoms with van der Waals surface area (Å²) in [4.78, 5) is 0. The predicted molar refractivity (Wildman–Crippen MR) is 79.5 cm³/mol. The van der Waals surface area contributed by atoms with E-state index in [0.717, 1.165) is 5.56 Å². The number of aryl methyl sites for hydroxylation is 2. The summed E-state index contributed by atoms with van der Waals surface area (Å²) >= 11 is 0. The second-order valence-corrected chi connectivity index (χ2v) is 5.74. The van der Waals surface area contributed by atoms with Crippen LogP contribution in [-0.4, -0.2) is 5.11 Å². The Bertz CT molecular complexity index is 611. The maximum atomic E-state index is 10.4. The van der Waals surface area contributed by atoms with Gasteiger partial charge in [0.1, 0.15) is 0 Å². The molecule has 0 radical (unpaired) electrons. The first-order valence-corrected chi connectivity index (χ1v) is 7.06. The first-order valence-electron chi connectivity index (χ1n) is 7.06. The largest absolute Gasteiger partial charge is 0.388 e. The Morgan fingerprint density at radius 3 is 2.45 bits per heavy atom. The van der Waals surface area contributed by atoms with Crippen LogP contribution in [0.5, 0.6) is 0 Å². The number of aliphatic hydroxyl groups is 1. The SMILES string of the molecule is Cc1cc(C)cc(CC(O)c2ccc3c(c2)COC3)c1. The van der Waals surface area contributed by atoms with Gasteiger partial charge in [0.15, 0.2) is 0 Å². The molecule has 1 N–H and O–H groups in total. The molecule has 0 saturated carbocycles. The van der Waals surface area contributed by atoms with Gasteiger partial charge in [-0.2, -0.15) is 0 Å². The van der Waals surface area contributed by atoms with E-state index in [2.05, 4.69) is 44.2 Å².